The number of amides is 3. The van der Waals surface area contributed by atoms with E-state index in [0.29, 0.717) is 13.0 Å². The van der Waals surface area contributed by atoms with Gasteiger partial charge in [0, 0.05) is 19.4 Å². The van der Waals surface area contributed by atoms with Gasteiger partial charge < -0.3 is 25.4 Å². The highest BCUT2D eigenvalue weighted by molar-refractivity contribution is 7.13. The molecule has 3 N–H and O–H groups in total. The third-order valence-corrected chi connectivity index (χ3v) is 9.80. The number of β-amino-alcohol motifs (C(OH)–C–C–N with tert-alkyl or cyclic N) is 1. The van der Waals surface area contributed by atoms with Crippen molar-refractivity contribution in [1.82, 2.24) is 20.5 Å². The number of rotatable bonds is 14. The van der Waals surface area contributed by atoms with Crippen molar-refractivity contribution in [3.63, 3.8) is 0 Å². The Morgan fingerprint density at radius 1 is 1.06 bits per heavy atom. The zero-order chi connectivity index (χ0) is 35.7. The van der Waals surface area contributed by atoms with Crippen LogP contribution in [0.3, 0.4) is 0 Å². The minimum Gasteiger partial charge on any atom is -0.466 e. The minimum atomic E-state index is -0.910. The van der Waals surface area contributed by atoms with E-state index in [1.165, 1.54) is 4.90 Å². The number of aliphatic hydroxyl groups is 1. The quantitative estimate of drug-likeness (QED) is 0.154. The van der Waals surface area contributed by atoms with Crippen LogP contribution in [0.25, 0.3) is 10.4 Å². The first kappa shape index (κ1) is 37.7. The van der Waals surface area contributed by atoms with E-state index in [1.54, 1.807) is 18.3 Å². The Morgan fingerprint density at radius 3 is 2.43 bits per heavy atom. The first-order valence-electron chi connectivity index (χ1n) is 17.1. The van der Waals surface area contributed by atoms with Crippen molar-refractivity contribution in [3.05, 3.63) is 76.4 Å². The van der Waals surface area contributed by atoms with Gasteiger partial charge in [0.2, 0.25) is 17.7 Å². The van der Waals surface area contributed by atoms with Crippen LogP contribution < -0.4 is 10.6 Å². The number of aromatic nitrogens is 1. The molecule has 1 aliphatic heterocycles. The molecule has 11 heteroatoms. The van der Waals surface area contributed by atoms with E-state index in [9.17, 15) is 24.3 Å². The summed E-state index contributed by atoms with van der Waals surface area (Å²) in [5.74, 6) is -1.24. The van der Waals surface area contributed by atoms with Crippen LogP contribution in [0.15, 0.2) is 54.0 Å². The average Bonchev–Trinajstić information content (AvgIpc) is 3.66. The van der Waals surface area contributed by atoms with Gasteiger partial charge in [0.15, 0.2) is 0 Å². The summed E-state index contributed by atoms with van der Waals surface area (Å²) in [5.41, 5.74) is 5.99. The molecule has 0 unspecified atom stereocenters. The monoisotopic (exact) mass is 690 g/mol. The highest BCUT2D eigenvalue weighted by atomic mass is 32.1. The van der Waals surface area contributed by atoms with Crippen molar-refractivity contribution in [2.75, 3.05) is 13.2 Å². The molecule has 1 aliphatic rings. The lowest BCUT2D eigenvalue weighted by atomic mass is 9.85. The van der Waals surface area contributed by atoms with E-state index in [4.69, 9.17) is 4.74 Å². The standard InChI is InChI=1S/C38H50N4O6S/c1-7-48-33(45)14-9-8-11-26-12-10-13-27(19-26)20-32(44)41-35(38(4,5)6)37(47)42-22-30(43)21-31(42)36(46)40-24(2)28-15-17-29(18-16-28)34-25(3)39-23-49-34/h10,12-13,15-19,23-24,30-31,35,43H,7-9,11,14,20-22H2,1-6H3,(H,40,46)(H,41,44)/t24-,30+,31-,35+/m0/s1. The number of hydrogen-bond donors (Lipinski definition) is 3. The van der Waals surface area contributed by atoms with Crippen LogP contribution in [0.4, 0.5) is 0 Å². The van der Waals surface area contributed by atoms with Crippen LogP contribution in [0.2, 0.25) is 0 Å². The fraction of sp³-hybridized carbons (Fsp3) is 0.500. The molecular formula is C38H50N4O6S. The third kappa shape index (κ3) is 10.4. The van der Waals surface area contributed by atoms with Gasteiger partial charge in [-0.05, 0) is 67.7 Å². The number of hydrogen-bond acceptors (Lipinski definition) is 8. The Hall–Kier alpha value is -4.09. The van der Waals surface area contributed by atoms with Crippen molar-refractivity contribution in [2.45, 2.75) is 104 Å². The van der Waals surface area contributed by atoms with Gasteiger partial charge in [-0.2, -0.15) is 0 Å². The molecule has 0 aliphatic carbocycles. The highest BCUT2D eigenvalue weighted by Gasteiger charge is 2.44. The topological polar surface area (TPSA) is 138 Å². The summed E-state index contributed by atoms with van der Waals surface area (Å²) in [6, 6.07) is 13.6. The molecule has 10 nitrogen and oxygen atoms in total. The molecular weight excluding hydrogens is 641 g/mol. The molecule has 0 spiro atoms. The maximum atomic E-state index is 14.0. The third-order valence-electron chi connectivity index (χ3n) is 8.82. The number of benzene rings is 2. The van der Waals surface area contributed by atoms with Crippen LogP contribution in [0, 0.1) is 12.3 Å². The lowest BCUT2D eigenvalue weighted by molar-refractivity contribution is -0.144. The van der Waals surface area contributed by atoms with Gasteiger partial charge in [-0.25, -0.2) is 4.98 Å². The molecule has 0 bridgehead atoms. The second-order valence-electron chi connectivity index (χ2n) is 13.9. The Kier molecular flexibility index (Phi) is 13.1. The minimum absolute atomic E-state index is 0.00879. The van der Waals surface area contributed by atoms with Crippen LogP contribution in [-0.2, 0) is 36.8 Å². The first-order valence-corrected chi connectivity index (χ1v) is 18.0. The van der Waals surface area contributed by atoms with Gasteiger partial charge in [0.25, 0.3) is 0 Å². The van der Waals surface area contributed by atoms with E-state index in [0.717, 1.165) is 52.1 Å². The van der Waals surface area contributed by atoms with Gasteiger partial charge in [0.05, 0.1) is 41.3 Å². The predicted octanol–water partition coefficient (Wildman–Crippen LogP) is 5.31. The molecule has 3 aromatic rings. The normalized spacial score (nSPS) is 17.3. The number of nitrogens with one attached hydrogen (secondary N) is 2. The number of esters is 1. The maximum Gasteiger partial charge on any atom is 0.305 e. The lowest BCUT2D eigenvalue weighted by Gasteiger charge is -2.35. The van der Waals surface area contributed by atoms with Crippen molar-refractivity contribution < 1.29 is 29.0 Å². The van der Waals surface area contributed by atoms with E-state index in [2.05, 4.69) is 15.6 Å². The summed E-state index contributed by atoms with van der Waals surface area (Å²) >= 11 is 1.58. The number of aliphatic hydroxyl groups excluding tert-OH is 1. The molecule has 4 atom stereocenters. The van der Waals surface area contributed by atoms with Crippen LogP contribution in [0.5, 0.6) is 0 Å². The first-order chi connectivity index (χ1) is 23.3. The molecule has 1 fully saturated rings. The largest absolute Gasteiger partial charge is 0.466 e. The predicted molar refractivity (Wildman–Crippen MR) is 191 cm³/mol. The molecule has 264 valence electrons. The van der Waals surface area contributed by atoms with Crippen LogP contribution in [-0.4, -0.2) is 70.0 Å². The molecule has 2 aromatic carbocycles. The summed E-state index contributed by atoms with van der Waals surface area (Å²) < 4.78 is 4.99. The summed E-state index contributed by atoms with van der Waals surface area (Å²) in [5, 5.41) is 16.6. The number of carbonyl (C=O) groups is 4. The molecule has 0 saturated carbocycles. The van der Waals surface area contributed by atoms with E-state index < -0.39 is 29.5 Å². The van der Waals surface area contributed by atoms with Crippen molar-refractivity contribution >= 4 is 35.0 Å². The Labute approximate surface area is 293 Å². The second kappa shape index (κ2) is 17.0. The van der Waals surface area contributed by atoms with E-state index >= 15 is 0 Å². The fourth-order valence-corrected chi connectivity index (χ4v) is 6.95. The summed E-state index contributed by atoms with van der Waals surface area (Å²) in [6.45, 7) is 11.6. The smallest absolute Gasteiger partial charge is 0.305 e. The number of thiazole rings is 1. The zero-order valence-electron chi connectivity index (χ0n) is 29.5. The van der Waals surface area contributed by atoms with Crippen molar-refractivity contribution in [1.29, 1.82) is 0 Å². The molecule has 2 heterocycles. The molecule has 0 radical (unpaired) electrons. The Bertz CT molecular complexity index is 1600. The maximum absolute atomic E-state index is 14.0. The number of ether oxygens (including phenoxy) is 1. The van der Waals surface area contributed by atoms with Gasteiger partial charge in [-0.15, -0.1) is 11.3 Å². The number of unbranched alkanes of at least 4 members (excludes halogenated alkanes) is 1. The summed E-state index contributed by atoms with van der Waals surface area (Å²) in [6.07, 6.45) is 2.05. The van der Waals surface area contributed by atoms with Gasteiger partial charge in [-0.1, -0.05) is 69.3 Å². The molecule has 1 saturated heterocycles. The van der Waals surface area contributed by atoms with Crippen LogP contribution in [0.1, 0.15) is 88.7 Å². The van der Waals surface area contributed by atoms with Crippen LogP contribution >= 0.6 is 11.3 Å². The van der Waals surface area contributed by atoms with E-state index in [-0.39, 0.29) is 43.2 Å². The second-order valence-corrected chi connectivity index (χ2v) is 14.7. The summed E-state index contributed by atoms with van der Waals surface area (Å²) in [4.78, 5) is 59.4. The highest BCUT2D eigenvalue weighted by Crippen LogP contribution is 2.29. The number of nitrogens with zero attached hydrogens (tertiary/aromatic N) is 2. The van der Waals surface area contributed by atoms with Gasteiger partial charge in [0.1, 0.15) is 12.1 Å². The molecule has 3 amide bonds. The number of carbonyl (C=O) groups excluding carboxylic acids is 4. The Morgan fingerprint density at radius 2 is 1.78 bits per heavy atom. The van der Waals surface area contributed by atoms with Crippen molar-refractivity contribution in [3.8, 4) is 10.4 Å². The van der Waals surface area contributed by atoms with E-state index in [1.807, 2.05) is 88.7 Å². The molecule has 1 aromatic heterocycles. The Balaban J connectivity index is 1.37. The summed E-state index contributed by atoms with van der Waals surface area (Å²) in [7, 11) is 0. The lowest BCUT2D eigenvalue weighted by Crippen LogP contribution is -2.58. The molecule has 49 heavy (non-hydrogen) atoms. The number of aryl methyl sites for hydroxylation is 2. The zero-order valence-corrected chi connectivity index (χ0v) is 30.3. The average molecular weight is 691 g/mol. The van der Waals surface area contributed by atoms with Gasteiger partial charge >= 0.3 is 5.97 Å². The van der Waals surface area contributed by atoms with Gasteiger partial charge in [-0.3, -0.25) is 19.2 Å². The van der Waals surface area contributed by atoms with Crippen molar-refractivity contribution in [2.24, 2.45) is 5.41 Å². The fourth-order valence-electron chi connectivity index (χ4n) is 6.14. The SMILES string of the molecule is CCOC(=O)CCCCc1cccc(CC(=O)N[C@H](C(=O)N2C[C@H](O)C[C@H]2C(=O)N[C@@H](C)c2ccc(-c3scnc3C)cc2)C(C)(C)C)c1. The molecule has 4 rings (SSSR count). The number of likely N-dealkylation sites (tertiary alicyclic amines) is 1.